The maximum atomic E-state index is 12.3. The molecule has 0 aliphatic carbocycles. The Morgan fingerprint density at radius 1 is 1.46 bits per heavy atom. The minimum Gasteiger partial charge on any atom is -0.166 e. The molecule has 0 N–H and O–H groups in total. The van der Waals surface area contributed by atoms with E-state index in [2.05, 4.69) is 15.9 Å². The Bertz CT molecular complexity index is 218. The molecule has 5 heteroatoms. The average molecular weight is 275 g/mol. The van der Waals surface area contributed by atoms with Gasteiger partial charge in [0.15, 0.2) is 0 Å². The summed E-state index contributed by atoms with van der Waals surface area (Å²) >= 11 is 3.71. The van der Waals surface area contributed by atoms with Crippen LogP contribution in [0.1, 0.15) is 20.3 Å². The van der Waals surface area contributed by atoms with Gasteiger partial charge in [-0.15, -0.1) is 0 Å². The van der Waals surface area contributed by atoms with Gasteiger partial charge in [-0.05, 0) is 29.3 Å². The van der Waals surface area contributed by atoms with Gasteiger partial charge in [-0.2, -0.15) is 13.2 Å². The SMILES string of the molecule is C/C=C(/Br)S/C(=C\CC)C(F)(F)F. The maximum Gasteiger partial charge on any atom is 0.422 e. The highest BCUT2D eigenvalue weighted by Gasteiger charge is 2.34. The van der Waals surface area contributed by atoms with Crippen LogP contribution < -0.4 is 0 Å². The van der Waals surface area contributed by atoms with E-state index >= 15 is 0 Å². The Labute approximate surface area is 88.4 Å². The lowest BCUT2D eigenvalue weighted by molar-refractivity contribution is -0.0837. The number of halogens is 4. The monoisotopic (exact) mass is 274 g/mol. The summed E-state index contributed by atoms with van der Waals surface area (Å²) < 4.78 is 37.3. The van der Waals surface area contributed by atoms with Crippen molar-refractivity contribution >= 4 is 27.7 Å². The van der Waals surface area contributed by atoms with Gasteiger partial charge in [0.25, 0.3) is 0 Å². The first-order valence-corrected chi connectivity index (χ1v) is 5.29. The van der Waals surface area contributed by atoms with E-state index in [1.165, 1.54) is 6.08 Å². The molecule has 0 aromatic heterocycles. The third-order valence-electron chi connectivity index (χ3n) is 1.10. The molecule has 0 aliphatic heterocycles. The van der Waals surface area contributed by atoms with Crippen molar-refractivity contribution in [3.05, 3.63) is 20.9 Å². The van der Waals surface area contributed by atoms with Gasteiger partial charge in [0, 0.05) is 0 Å². The van der Waals surface area contributed by atoms with Crippen LogP contribution in [0.2, 0.25) is 0 Å². The summed E-state index contributed by atoms with van der Waals surface area (Å²) in [5, 5.41) is 0. The smallest absolute Gasteiger partial charge is 0.166 e. The molecule has 0 amide bonds. The van der Waals surface area contributed by atoms with Gasteiger partial charge in [-0.1, -0.05) is 30.8 Å². The molecule has 0 bridgehead atoms. The Morgan fingerprint density at radius 3 is 2.31 bits per heavy atom. The quantitative estimate of drug-likeness (QED) is 0.710. The fraction of sp³-hybridized carbons (Fsp3) is 0.500. The van der Waals surface area contributed by atoms with E-state index in [0.717, 1.165) is 0 Å². The molecule has 76 valence electrons. The molecule has 0 saturated carbocycles. The van der Waals surface area contributed by atoms with Crippen LogP contribution in [0.4, 0.5) is 13.2 Å². The van der Waals surface area contributed by atoms with E-state index in [-0.39, 0.29) is 0 Å². The van der Waals surface area contributed by atoms with Crippen molar-refractivity contribution in [2.45, 2.75) is 26.4 Å². The van der Waals surface area contributed by atoms with E-state index < -0.39 is 11.1 Å². The minimum atomic E-state index is -4.25. The summed E-state index contributed by atoms with van der Waals surface area (Å²) in [4.78, 5) is -0.569. The molecule has 0 radical (unpaired) electrons. The predicted octanol–water partition coefficient (Wildman–Crippen LogP) is 4.83. The van der Waals surface area contributed by atoms with Crippen LogP contribution in [0.3, 0.4) is 0 Å². The number of rotatable bonds is 3. The molecule has 0 atom stereocenters. The summed E-state index contributed by atoms with van der Waals surface area (Å²) in [6.07, 6.45) is -1.11. The molecule has 0 saturated heterocycles. The number of allylic oxidation sites excluding steroid dienone is 3. The highest BCUT2D eigenvalue weighted by molar-refractivity contribution is 9.14. The average Bonchev–Trinajstić information content (AvgIpc) is 2.01. The number of thioether (sulfide) groups is 1. The van der Waals surface area contributed by atoms with Gasteiger partial charge in [-0.3, -0.25) is 0 Å². The van der Waals surface area contributed by atoms with Crippen molar-refractivity contribution in [2.75, 3.05) is 0 Å². The van der Waals surface area contributed by atoms with E-state index in [0.29, 0.717) is 22.0 Å². The molecule has 0 aromatic carbocycles. The summed E-state index contributed by atoms with van der Waals surface area (Å²) in [5.41, 5.74) is 0. The van der Waals surface area contributed by atoms with Crippen molar-refractivity contribution in [3.63, 3.8) is 0 Å². The van der Waals surface area contributed by atoms with Crippen LogP contribution in [-0.4, -0.2) is 6.18 Å². The van der Waals surface area contributed by atoms with E-state index in [9.17, 15) is 13.2 Å². The zero-order valence-corrected chi connectivity index (χ0v) is 9.68. The Balaban J connectivity index is 4.56. The van der Waals surface area contributed by atoms with Gasteiger partial charge >= 0.3 is 6.18 Å². The number of hydrogen-bond donors (Lipinski definition) is 0. The molecule has 0 aliphatic rings. The molecule has 0 aromatic rings. The zero-order chi connectivity index (χ0) is 10.5. The number of hydrogen-bond acceptors (Lipinski definition) is 1. The topological polar surface area (TPSA) is 0 Å². The van der Waals surface area contributed by atoms with Crippen LogP contribution in [-0.2, 0) is 0 Å². The molecular weight excluding hydrogens is 265 g/mol. The molecular formula is C8H10BrF3S. The molecule has 13 heavy (non-hydrogen) atoms. The van der Waals surface area contributed by atoms with Crippen molar-refractivity contribution in [2.24, 2.45) is 0 Å². The van der Waals surface area contributed by atoms with E-state index in [4.69, 9.17) is 0 Å². The maximum absolute atomic E-state index is 12.3. The first kappa shape index (κ1) is 13.1. The fourth-order valence-electron chi connectivity index (χ4n) is 0.565. The lowest BCUT2D eigenvalue weighted by Gasteiger charge is -2.09. The van der Waals surface area contributed by atoms with Gasteiger partial charge in [-0.25, -0.2) is 0 Å². The Morgan fingerprint density at radius 2 is 2.00 bits per heavy atom. The lowest BCUT2D eigenvalue weighted by Crippen LogP contribution is -2.08. The summed E-state index contributed by atoms with van der Waals surface area (Å²) in [6, 6.07) is 0. The van der Waals surface area contributed by atoms with Gasteiger partial charge in [0.1, 0.15) is 0 Å². The summed E-state index contributed by atoms with van der Waals surface area (Å²) in [6.45, 7) is 3.35. The second-order valence-electron chi connectivity index (χ2n) is 2.17. The fourth-order valence-corrected chi connectivity index (χ4v) is 1.78. The highest BCUT2D eigenvalue weighted by atomic mass is 79.9. The van der Waals surface area contributed by atoms with Crippen LogP contribution in [0.25, 0.3) is 0 Å². The van der Waals surface area contributed by atoms with Crippen LogP contribution >= 0.6 is 27.7 Å². The predicted molar refractivity (Wildman–Crippen MR) is 54.7 cm³/mol. The van der Waals surface area contributed by atoms with Crippen LogP contribution in [0.15, 0.2) is 20.9 Å². The molecule has 0 heterocycles. The Kier molecular flexibility index (Phi) is 5.80. The molecule has 0 rings (SSSR count). The van der Waals surface area contributed by atoms with Crippen LogP contribution in [0.5, 0.6) is 0 Å². The largest absolute Gasteiger partial charge is 0.422 e. The molecule has 0 spiro atoms. The zero-order valence-electron chi connectivity index (χ0n) is 7.28. The van der Waals surface area contributed by atoms with Crippen molar-refractivity contribution in [1.82, 2.24) is 0 Å². The standard InChI is InChI=1S/C8H10BrF3S/c1-3-5-6(8(10,11)12)13-7(9)4-2/h4-5H,3H2,1-2H3/b6-5-,7-4-. The van der Waals surface area contributed by atoms with E-state index in [1.807, 2.05) is 0 Å². The first-order chi connectivity index (χ1) is 5.91. The van der Waals surface area contributed by atoms with Crippen molar-refractivity contribution in [1.29, 1.82) is 0 Å². The normalized spacial score (nSPS) is 14.9. The molecule has 0 unspecified atom stereocenters. The third-order valence-corrected chi connectivity index (χ3v) is 3.10. The second kappa shape index (κ2) is 5.75. The minimum absolute atomic E-state index is 0.381. The second-order valence-corrected chi connectivity index (χ2v) is 4.63. The van der Waals surface area contributed by atoms with Crippen molar-refractivity contribution in [3.8, 4) is 0 Å². The summed E-state index contributed by atoms with van der Waals surface area (Å²) in [5.74, 6) is 0. The Hall–Kier alpha value is 0.1000. The van der Waals surface area contributed by atoms with Gasteiger partial charge < -0.3 is 0 Å². The summed E-state index contributed by atoms with van der Waals surface area (Å²) in [7, 11) is 0. The third kappa shape index (κ3) is 5.41. The molecule has 0 fully saturated rings. The van der Waals surface area contributed by atoms with Crippen molar-refractivity contribution < 1.29 is 13.2 Å². The highest BCUT2D eigenvalue weighted by Crippen LogP contribution is 2.40. The van der Waals surface area contributed by atoms with E-state index in [1.54, 1.807) is 19.9 Å². The first-order valence-electron chi connectivity index (χ1n) is 3.68. The number of alkyl halides is 3. The lowest BCUT2D eigenvalue weighted by atomic mass is 10.4. The van der Waals surface area contributed by atoms with Gasteiger partial charge in [0.05, 0.1) is 8.72 Å². The molecule has 0 nitrogen and oxygen atoms in total. The van der Waals surface area contributed by atoms with Gasteiger partial charge in [0.2, 0.25) is 0 Å². The van der Waals surface area contributed by atoms with Crippen LogP contribution in [0, 0.1) is 0 Å².